The van der Waals surface area contributed by atoms with Crippen molar-refractivity contribution in [2.75, 3.05) is 13.1 Å². The van der Waals surface area contributed by atoms with E-state index >= 15 is 0 Å². The van der Waals surface area contributed by atoms with Gasteiger partial charge in [0, 0.05) is 25.7 Å². The lowest BCUT2D eigenvalue weighted by atomic mass is 10.0. The summed E-state index contributed by atoms with van der Waals surface area (Å²) in [6.07, 6.45) is 2.54. The number of rotatable bonds is 6. The first kappa shape index (κ1) is 36.0. The van der Waals surface area contributed by atoms with E-state index in [1.54, 1.807) is 19.1 Å². The van der Waals surface area contributed by atoms with Gasteiger partial charge in [-0.2, -0.15) is 0 Å². The molecule has 14 heteroatoms. The fourth-order valence-corrected chi connectivity index (χ4v) is 5.90. The van der Waals surface area contributed by atoms with E-state index in [-0.39, 0.29) is 37.4 Å². The predicted octanol–water partition coefficient (Wildman–Crippen LogP) is -0.0410. The Morgan fingerprint density at radius 1 is 0.896 bits per heavy atom. The number of amides is 6. The first-order valence-corrected chi connectivity index (χ1v) is 16.5. The standard InChI is InChI=1S/C34H45N7O7/c1-3-23-29(43)40-28(21(2)42)33(47)39-26(20-22-12-5-4-6-13-22)34(48)41-19-11-16-27(41)32(46)36-18-10-8-15-25(31(45)37-23)38-30(44)24-14-7-9-17-35-24/h4-7,9,12-14,17,21,23,25-28,42H,3,8,10-11,15-16,18-20H2,1-2H3,(H,36,46)(H,37,45)(H,38,44)(H,39,47)(H,40,43)/t21-,23+,25+,26-,27+,28+/m1/s1. The van der Waals surface area contributed by atoms with Gasteiger partial charge in [0.2, 0.25) is 29.5 Å². The molecular formula is C34H45N7O7. The monoisotopic (exact) mass is 663 g/mol. The zero-order valence-electron chi connectivity index (χ0n) is 27.3. The largest absolute Gasteiger partial charge is 0.391 e. The Balaban J connectivity index is 1.61. The fourth-order valence-electron chi connectivity index (χ4n) is 5.90. The highest BCUT2D eigenvalue weighted by Crippen LogP contribution is 2.20. The van der Waals surface area contributed by atoms with Gasteiger partial charge in [0.1, 0.15) is 35.9 Å². The van der Waals surface area contributed by atoms with Crippen LogP contribution in [0.5, 0.6) is 0 Å². The lowest BCUT2D eigenvalue weighted by Gasteiger charge is -2.30. The van der Waals surface area contributed by atoms with Crippen LogP contribution in [0.25, 0.3) is 0 Å². The van der Waals surface area contributed by atoms with Gasteiger partial charge in [-0.3, -0.25) is 33.8 Å². The number of carbonyl (C=O) groups is 6. The van der Waals surface area contributed by atoms with Crippen LogP contribution in [0.15, 0.2) is 54.7 Å². The molecule has 0 bridgehead atoms. The Hall–Kier alpha value is -4.85. The number of aliphatic hydroxyl groups is 1. The Kier molecular flexibility index (Phi) is 13.0. The van der Waals surface area contributed by atoms with E-state index in [9.17, 15) is 33.9 Å². The van der Waals surface area contributed by atoms with E-state index in [1.807, 2.05) is 30.3 Å². The number of pyridine rings is 1. The van der Waals surface area contributed by atoms with E-state index in [0.29, 0.717) is 32.2 Å². The number of fused-ring (bicyclic) bond motifs is 1. The highest BCUT2D eigenvalue weighted by atomic mass is 16.3. The molecule has 1 aromatic heterocycles. The molecule has 0 spiro atoms. The highest BCUT2D eigenvalue weighted by molar-refractivity contribution is 5.98. The second kappa shape index (κ2) is 17.3. The lowest BCUT2D eigenvalue weighted by molar-refractivity contribution is -0.142. The molecule has 3 heterocycles. The molecular weight excluding hydrogens is 618 g/mol. The van der Waals surface area contributed by atoms with Gasteiger partial charge in [0.25, 0.3) is 5.91 Å². The number of aliphatic hydroxyl groups excluding tert-OH is 1. The molecule has 2 aliphatic heterocycles. The van der Waals surface area contributed by atoms with Crippen LogP contribution < -0.4 is 26.6 Å². The van der Waals surface area contributed by atoms with Gasteiger partial charge in [-0.05, 0) is 63.1 Å². The van der Waals surface area contributed by atoms with Crippen molar-refractivity contribution in [1.29, 1.82) is 0 Å². The highest BCUT2D eigenvalue weighted by Gasteiger charge is 2.39. The van der Waals surface area contributed by atoms with Crippen molar-refractivity contribution < 1.29 is 33.9 Å². The molecule has 2 aliphatic rings. The molecule has 2 fully saturated rings. The van der Waals surface area contributed by atoms with Crippen LogP contribution in [0.4, 0.5) is 0 Å². The van der Waals surface area contributed by atoms with E-state index < -0.39 is 65.8 Å². The smallest absolute Gasteiger partial charge is 0.270 e. The Labute approximate surface area is 279 Å². The molecule has 6 N–H and O–H groups in total. The van der Waals surface area contributed by atoms with Gasteiger partial charge in [-0.25, -0.2) is 0 Å². The van der Waals surface area contributed by atoms with Crippen molar-refractivity contribution in [2.45, 2.75) is 95.1 Å². The van der Waals surface area contributed by atoms with Crippen LogP contribution in [-0.2, 0) is 30.4 Å². The van der Waals surface area contributed by atoms with Crippen molar-refractivity contribution in [3.05, 3.63) is 66.0 Å². The first-order valence-electron chi connectivity index (χ1n) is 16.5. The van der Waals surface area contributed by atoms with Crippen molar-refractivity contribution in [2.24, 2.45) is 0 Å². The number of hydrogen-bond donors (Lipinski definition) is 6. The Morgan fingerprint density at radius 3 is 2.31 bits per heavy atom. The number of carbonyl (C=O) groups excluding carboxylic acids is 6. The summed E-state index contributed by atoms with van der Waals surface area (Å²) in [5.41, 5.74) is 0.885. The van der Waals surface area contributed by atoms with Crippen molar-refractivity contribution >= 4 is 35.4 Å². The second-order valence-electron chi connectivity index (χ2n) is 12.2. The number of aromatic nitrogens is 1. The fraction of sp³-hybridized carbons (Fsp3) is 0.500. The third-order valence-electron chi connectivity index (χ3n) is 8.58. The molecule has 4 rings (SSSR count). The summed E-state index contributed by atoms with van der Waals surface area (Å²) in [6.45, 7) is 3.61. The molecule has 6 amide bonds. The maximum atomic E-state index is 14.0. The van der Waals surface area contributed by atoms with Gasteiger partial charge < -0.3 is 36.6 Å². The average molecular weight is 664 g/mol. The summed E-state index contributed by atoms with van der Waals surface area (Å²) < 4.78 is 0. The molecule has 258 valence electrons. The number of nitrogens with one attached hydrogen (secondary N) is 5. The predicted molar refractivity (Wildman–Crippen MR) is 175 cm³/mol. The average Bonchev–Trinajstić information content (AvgIpc) is 3.58. The van der Waals surface area contributed by atoms with E-state index in [2.05, 4.69) is 31.6 Å². The minimum Gasteiger partial charge on any atom is -0.391 e. The van der Waals surface area contributed by atoms with Crippen LogP contribution in [0.3, 0.4) is 0 Å². The zero-order valence-corrected chi connectivity index (χ0v) is 27.3. The summed E-state index contributed by atoms with van der Waals surface area (Å²) in [6, 6.07) is 8.48. The molecule has 1 aromatic carbocycles. The molecule has 0 aliphatic carbocycles. The lowest BCUT2D eigenvalue weighted by Crippen LogP contribution is -2.61. The minimum absolute atomic E-state index is 0.116. The summed E-state index contributed by atoms with van der Waals surface area (Å²) in [5.74, 6) is -3.46. The van der Waals surface area contributed by atoms with Crippen LogP contribution >= 0.6 is 0 Å². The van der Waals surface area contributed by atoms with Crippen molar-refractivity contribution in [1.82, 2.24) is 36.5 Å². The van der Waals surface area contributed by atoms with Crippen LogP contribution in [0.1, 0.15) is 68.4 Å². The van der Waals surface area contributed by atoms with Gasteiger partial charge in [0.05, 0.1) is 6.10 Å². The van der Waals surface area contributed by atoms with Gasteiger partial charge in [0.15, 0.2) is 0 Å². The molecule has 0 unspecified atom stereocenters. The van der Waals surface area contributed by atoms with Crippen LogP contribution in [0.2, 0.25) is 0 Å². The molecule has 2 saturated heterocycles. The third-order valence-corrected chi connectivity index (χ3v) is 8.58. The van der Waals surface area contributed by atoms with Crippen molar-refractivity contribution in [3.8, 4) is 0 Å². The normalized spacial score (nSPS) is 25.6. The molecule has 48 heavy (non-hydrogen) atoms. The molecule has 0 radical (unpaired) electrons. The summed E-state index contributed by atoms with van der Waals surface area (Å²) in [5, 5.41) is 24.1. The molecule has 0 saturated carbocycles. The SMILES string of the molecule is CC[C@@H]1NC(=O)[C@@H](NC(=O)c2ccccn2)CCCCNC(=O)[C@@H]2CCCN2C(=O)[C@@H](Cc2ccccc2)NC(=O)[C@H]([C@@H](C)O)NC1=O. The topological polar surface area (TPSA) is 199 Å². The third kappa shape index (κ3) is 9.59. The first-order chi connectivity index (χ1) is 23.1. The zero-order chi connectivity index (χ0) is 34.6. The second-order valence-corrected chi connectivity index (χ2v) is 12.2. The quantitative estimate of drug-likeness (QED) is 0.247. The van der Waals surface area contributed by atoms with Crippen molar-refractivity contribution in [3.63, 3.8) is 0 Å². The van der Waals surface area contributed by atoms with Gasteiger partial charge in [-0.1, -0.05) is 43.3 Å². The molecule has 2 aromatic rings. The van der Waals surface area contributed by atoms with E-state index in [0.717, 1.165) is 5.56 Å². The summed E-state index contributed by atoms with van der Waals surface area (Å²) >= 11 is 0. The van der Waals surface area contributed by atoms with Crippen LogP contribution in [0, 0.1) is 0 Å². The number of benzene rings is 1. The van der Waals surface area contributed by atoms with Crippen LogP contribution in [-0.4, -0.2) is 99.8 Å². The number of hydrogen-bond acceptors (Lipinski definition) is 8. The maximum Gasteiger partial charge on any atom is 0.270 e. The molecule has 6 atom stereocenters. The maximum absolute atomic E-state index is 14.0. The van der Waals surface area contributed by atoms with Gasteiger partial charge in [-0.15, -0.1) is 0 Å². The van der Waals surface area contributed by atoms with E-state index in [4.69, 9.17) is 0 Å². The summed E-state index contributed by atoms with van der Waals surface area (Å²) in [4.78, 5) is 86.2. The van der Waals surface area contributed by atoms with E-state index in [1.165, 1.54) is 24.1 Å². The number of nitrogens with zero attached hydrogens (tertiary/aromatic N) is 2. The Morgan fingerprint density at radius 2 is 1.62 bits per heavy atom. The van der Waals surface area contributed by atoms with Gasteiger partial charge >= 0.3 is 0 Å². The minimum atomic E-state index is -1.46. The summed E-state index contributed by atoms with van der Waals surface area (Å²) in [7, 11) is 0. The molecule has 14 nitrogen and oxygen atoms in total. The Bertz CT molecular complexity index is 1440.